The van der Waals surface area contributed by atoms with Crippen LogP contribution in [0, 0.1) is 0 Å². The first-order valence-corrected chi connectivity index (χ1v) is 8.44. The number of nitrogens with zero attached hydrogens (tertiary/aromatic N) is 3. The Bertz CT molecular complexity index is 744. The van der Waals surface area contributed by atoms with Gasteiger partial charge in [0.1, 0.15) is 0 Å². The summed E-state index contributed by atoms with van der Waals surface area (Å²) >= 11 is 4.16. The van der Waals surface area contributed by atoms with Crippen LogP contribution < -0.4 is 5.59 Å². The number of methoxy groups -OCH3 is 1. The van der Waals surface area contributed by atoms with Crippen molar-refractivity contribution in [3.63, 3.8) is 0 Å². The number of hydrogen-bond donors (Lipinski definition) is 4. The third-order valence-corrected chi connectivity index (χ3v) is 4.41. The van der Waals surface area contributed by atoms with E-state index in [0.29, 0.717) is 43.3 Å². The molecule has 0 aromatic carbocycles. The first-order chi connectivity index (χ1) is 12.3. The third-order valence-electron chi connectivity index (χ3n) is 3.96. The number of aliphatic hydroxyl groups is 1. The number of aliphatic hydroxyl groups excluding tert-OH is 1. The normalized spacial score (nSPS) is 16.0. The van der Waals surface area contributed by atoms with E-state index in [1.165, 1.54) is 0 Å². The number of amides is 1. The first kappa shape index (κ1) is 20.2. The van der Waals surface area contributed by atoms with E-state index in [9.17, 15) is 19.8 Å². The van der Waals surface area contributed by atoms with Crippen LogP contribution >= 0.6 is 12.6 Å². The molecule has 1 aliphatic rings. The Morgan fingerprint density at radius 3 is 2.58 bits per heavy atom. The number of H-pyrrole nitrogens is 1. The quantitative estimate of drug-likeness (QED) is 0.256. The summed E-state index contributed by atoms with van der Waals surface area (Å²) in [5.41, 5.74) is -0.527. The standard InChI is InChI=1S/C14H20B2N4O5S/c1-15-11(26)13(23)20-5-3-19(4-6-20)7-8-17-9(12(22)18-8)16-10(21)14(24)25-2/h21-22,26H,3-7H2,1-2H3,(H,17,18). The Hall–Kier alpha value is -2.07. The van der Waals surface area contributed by atoms with Gasteiger partial charge in [0.15, 0.2) is 0 Å². The zero-order valence-electron chi connectivity index (χ0n) is 14.6. The van der Waals surface area contributed by atoms with E-state index in [4.69, 9.17) is 0 Å². The van der Waals surface area contributed by atoms with Crippen molar-refractivity contribution in [2.75, 3.05) is 33.3 Å². The topological polar surface area (TPSA) is 119 Å². The van der Waals surface area contributed by atoms with Crippen molar-refractivity contribution in [1.29, 1.82) is 0 Å². The number of aromatic hydroxyl groups is 1. The molecule has 138 valence electrons. The molecule has 0 aliphatic carbocycles. The maximum absolute atomic E-state index is 12.1. The number of hydrogen-bond acceptors (Lipinski definition) is 8. The minimum absolute atomic E-state index is 0.0863. The molecule has 0 atom stereocenters. The molecular weight excluding hydrogens is 358 g/mol. The summed E-state index contributed by atoms with van der Waals surface area (Å²) in [6, 6.07) is 0. The van der Waals surface area contributed by atoms with Gasteiger partial charge in [-0.25, -0.2) is 0 Å². The molecule has 1 saturated heterocycles. The van der Waals surface area contributed by atoms with Crippen LogP contribution in [0.5, 0.6) is 5.88 Å². The number of aromatic amines is 1. The molecule has 1 fully saturated rings. The van der Waals surface area contributed by atoms with Crippen molar-refractivity contribution < 1.29 is 24.5 Å². The fourth-order valence-electron chi connectivity index (χ4n) is 2.51. The summed E-state index contributed by atoms with van der Waals surface area (Å²) in [5.74, 6) is -0.838. The van der Waals surface area contributed by atoms with Gasteiger partial charge in [-0.3, -0.25) is 0 Å². The van der Waals surface area contributed by atoms with Crippen LogP contribution in [0.15, 0.2) is 0 Å². The van der Waals surface area contributed by atoms with Crippen LogP contribution in [0.4, 0.5) is 0 Å². The number of nitrogens with one attached hydrogen (secondary N) is 1. The fourth-order valence-corrected chi connectivity index (χ4v) is 2.65. The number of thiol groups is 1. The second-order valence-electron chi connectivity index (χ2n) is 5.68. The van der Waals surface area contributed by atoms with Crippen molar-refractivity contribution in [3.05, 3.63) is 5.82 Å². The maximum atomic E-state index is 12.1. The molecule has 26 heavy (non-hydrogen) atoms. The van der Waals surface area contributed by atoms with E-state index in [0.717, 1.165) is 14.0 Å². The Morgan fingerprint density at radius 2 is 2.00 bits per heavy atom. The van der Waals surface area contributed by atoms with E-state index in [1.807, 2.05) is 0 Å². The Balaban J connectivity index is 1.96. The number of imidazole rings is 1. The molecule has 9 nitrogen and oxygen atoms in total. The van der Waals surface area contributed by atoms with Crippen molar-refractivity contribution >= 4 is 54.4 Å². The monoisotopic (exact) mass is 378 g/mol. The molecule has 3 N–H and O–H groups in total. The molecular formula is C14H20B2N4O5S. The summed E-state index contributed by atoms with van der Waals surface area (Å²) in [5, 5.41) is 19.4. The first-order valence-electron chi connectivity index (χ1n) is 7.99. The zero-order chi connectivity index (χ0) is 19.3. The number of rotatable bonds is 5. The third kappa shape index (κ3) is 4.98. The van der Waals surface area contributed by atoms with Crippen LogP contribution in [-0.4, -0.2) is 99.4 Å². The van der Waals surface area contributed by atoms with Crippen molar-refractivity contribution in [3.8, 4) is 5.88 Å². The molecule has 1 aromatic rings. The summed E-state index contributed by atoms with van der Waals surface area (Å²) < 4.78 is 4.38. The zero-order valence-corrected chi connectivity index (χ0v) is 15.5. The number of carbonyl (C=O) groups is 2. The van der Waals surface area contributed by atoms with Crippen LogP contribution in [0.2, 0.25) is 6.82 Å². The molecule has 1 aromatic heterocycles. The van der Waals surface area contributed by atoms with Crippen LogP contribution in [0.3, 0.4) is 0 Å². The van der Waals surface area contributed by atoms with E-state index in [2.05, 4.69) is 32.2 Å². The summed E-state index contributed by atoms with van der Waals surface area (Å²) in [4.78, 5) is 34.3. The summed E-state index contributed by atoms with van der Waals surface area (Å²) in [7, 11) is 1.14. The van der Waals surface area contributed by atoms with Gasteiger partial charge in [-0.15, -0.1) is 0 Å². The second kappa shape index (κ2) is 9.04. The SMILES string of the molecule is CB=C(S)C(=O)N1CCN(Cc2nc(O)c(B=C(O)C(=O)OC)[nH]2)CC1. The number of ether oxygens (including phenoxy) is 1. The Morgan fingerprint density at radius 1 is 1.35 bits per heavy atom. The molecule has 2 rings (SSSR count). The van der Waals surface area contributed by atoms with Gasteiger partial charge >= 0.3 is 157 Å². The average molecular weight is 378 g/mol. The predicted octanol–water partition coefficient (Wildman–Crippen LogP) is -2.42. The van der Waals surface area contributed by atoms with E-state index in [1.54, 1.807) is 18.6 Å². The molecule has 0 saturated carbocycles. The Kier molecular flexibility index (Phi) is 7.04. The van der Waals surface area contributed by atoms with Gasteiger partial charge in [-0.1, -0.05) is 0 Å². The number of carbonyl (C=O) groups excluding carboxylic acids is 2. The van der Waals surface area contributed by atoms with Crippen molar-refractivity contribution in [2.45, 2.75) is 13.4 Å². The van der Waals surface area contributed by atoms with E-state index in [-0.39, 0.29) is 17.4 Å². The molecule has 1 amide bonds. The molecule has 1 aliphatic heterocycles. The van der Waals surface area contributed by atoms with Gasteiger partial charge in [-0.05, 0) is 0 Å². The fraction of sp³-hybridized carbons (Fsp3) is 0.500. The van der Waals surface area contributed by atoms with Crippen LogP contribution in [-0.2, 0) is 20.9 Å². The molecule has 2 heterocycles. The summed E-state index contributed by atoms with van der Waals surface area (Å²) in [6.45, 7) is 7.36. The van der Waals surface area contributed by atoms with Gasteiger partial charge in [0, 0.05) is 0 Å². The minimum atomic E-state index is -0.911. The van der Waals surface area contributed by atoms with Gasteiger partial charge < -0.3 is 0 Å². The molecule has 0 unspecified atom stereocenters. The van der Waals surface area contributed by atoms with Crippen molar-refractivity contribution in [1.82, 2.24) is 19.8 Å². The number of aromatic nitrogens is 2. The molecule has 12 heteroatoms. The number of esters is 1. The molecule has 0 radical (unpaired) electrons. The Labute approximate surface area is 157 Å². The van der Waals surface area contributed by atoms with Crippen LogP contribution in [0.25, 0.3) is 0 Å². The summed E-state index contributed by atoms with van der Waals surface area (Å²) in [6.07, 6.45) is 0. The van der Waals surface area contributed by atoms with E-state index < -0.39 is 11.6 Å². The van der Waals surface area contributed by atoms with Gasteiger partial charge in [0.05, 0.1) is 0 Å². The van der Waals surface area contributed by atoms with Crippen LogP contribution in [0.1, 0.15) is 5.82 Å². The van der Waals surface area contributed by atoms with Gasteiger partial charge in [0.2, 0.25) is 0 Å². The predicted molar refractivity (Wildman–Crippen MR) is 102 cm³/mol. The average Bonchev–Trinajstić information content (AvgIpc) is 2.99. The van der Waals surface area contributed by atoms with Crippen molar-refractivity contribution in [2.24, 2.45) is 0 Å². The van der Waals surface area contributed by atoms with Gasteiger partial charge in [-0.2, -0.15) is 0 Å². The molecule has 0 bridgehead atoms. The molecule has 0 spiro atoms. The second-order valence-corrected chi connectivity index (χ2v) is 6.17. The van der Waals surface area contributed by atoms with E-state index >= 15 is 0 Å². The van der Waals surface area contributed by atoms with Gasteiger partial charge in [0.25, 0.3) is 0 Å². The number of piperazine rings is 1.